The fourth-order valence-corrected chi connectivity index (χ4v) is 0. The van der Waals surface area contributed by atoms with Gasteiger partial charge >= 0.3 is 0 Å². The maximum absolute atomic E-state index is 7.57. The molecule has 0 aromatic rings. The first-order chi connectivity index (χ1) is 6.51. The normalized spacial score (nSPS) is 8.60. The van der Waals surface area contributed by atoms with Crippen LogP contribution >= 0.6 is 0 Å². The second-order valence-corrected chi connectivity index (χ2v) is 2.21. The first-order valence-electron chi connectivity index (χ1n) is 4.89. The predicted octanol–water partition coefficient (Wildman–Crippen LogP) is 0.551. The van der Waals surface area contributed by atoms with Crippen molar-refractivity contribution in [3.05, 3.63) is 6.92 Å². The van der Waals surface area contributed by atoms with E-state index in [0.29, 0.717) is 0 Å². The molecule has 0 heterocycles. The molecule has 0 fully saturated rings. The van der Waals surface area contributed by atoms with E-state index in [2.05, 4.69) is 6.92 Å². The second-order valence-electron chi connectivity index (χ2n) is 2.21. The number of hydrogen-bond acceptors (Lipinski definition) is 4. The zero-order valence-corrected chi connectivity index (χ0v) is 12.1. The summed E-state index contributed by atoms with van der Waals surface area (Å²) < 4.78 is 0. The summed E-state index contributed by atoms with van der Waals surface area (Å²) >= 11 is 0. The minimum atomic E-state index is 0. The third kappa shape index (κ3) is 352. The molecule has 0 bridgehead atoms. The molecule has 0 aromatic carbocycles. The van der Waals surface area contributed by atoms with Crippen molar-refractivity contribution in [3.8, 4) is 0 Å². The second kappa shape index (κ2) is 46.9. The summed E-state index contributed by atoms with van der Waals surface area (Å²) in [5, 5.41) is 22.7. The smallest absolute Gasteiger partial charge is 0.0402 e. The van der Waals surface area contributed by atoms with Gasteiger partial charge in [-0.2, -0.15) is 6.42 Å². The van der Waals surface area contributed by atoms with Crippen molar-refractivity contribution >= 4 is 0 Å². The molecule has 0 saturated carbocycles. The van der Waals surface area contributed by atoms with Crippen molar-refractivity contribution < 1.29 is 37.0 Å². The van der Waals surface area contributed by atoms with E-state index >= 15 is 0 Å². The Kier molecular flexibility index (Phi) is 92.4. The van der Waals surface area contributed by atoms with Gasteiger partial charge in [0, 0.05) is 41.5 Å². The average Bonchev–Trinajstić information content (AvgIpc) is 2.08. The van der Waals surface area contributed by atoms with Gasteiger partial charge in [-0.05, 0) is 26.8 Å². The van der Waals surface area contributed by atoms with Crippen LogP contribution in [0.15, 0.2) is 0 Å². The van der Waals surface area contributed by atoms with Gasteiger partial charge < -0.3 is 28.0 Å². The Morgan fingerprint density at radius 1 is 1.00 bits per heavy atom. The van der Waals surface area contributed by atoms with Gasteiger partial charge in [0.05, 0.1) is 0 Å². The fraction of sp³-hybridized carbons (Fsp3) is 0.900. The maximum atomic E-state index is 7.57. The first kappa shape index (κ1) is 29.6. The summed E-state index contributed by atoms with van der Waals surface area (Å²) in [5.74, 6) is 0. The number of aliphatic hydroxyl groups excluding tert-OH is 3. The SMILES string of the molecule is CCO.CCO.CCO.[CH2-]CC(C)N.[Ti]. The Labute approximate surface area is 110 Å². The molecule has 0 spiro atoms. The van der Waals surface area contributed by atoms with Crippen LogP contribution in [0.4, 0.5) is 0 Å². The van der Waals surface area contributed by atoms with Crippen molar-refractivity contribution in [1.82, 2.24) is 0 Å². The fourth-order valence-electron chi connectivity index (χ4n) is 0. The van der Waals surface area contributed by atoms with E-state index < -0.39 is 0 Å². The molecule has 5 heteroatoms. The van der Waals surface area contributed by atoms with Gasteiger partial charge in [0.2, 0.25) is 0 Å². The summed E-state index contributed by atoms with van der Waals surface area (Å²) in [6.45, 7) is 11.3. The third-order valence-corrected chi connectivity index (χ3v) is 0.455. The number of rotatable bonds is 1. The molecule has 0 amide bonds. The van der Waals surface area contributed by atoms with Gasteiger partial charge in [-0.15, -0.1) is 0 Å². The van der Waals surface area contributed by atoms with E-state index in [1.54, 1.807) is 20.8 Å². The van der Waals surface area contributed by atoms with Crippen LogP contribution in [0, 0.1) is 6.92 Å². The van der Waals surface area contributed by atoms with Crippen LogP contribution in [0.2, 0.25) is 0 Å². The summed E-state index contributed by atoms with van der Waals surface area (Å²) in [5.41, 5.74) is 5.23. The van der Waals surface area contributed by atoms with Crippen molar-refractivity contribution in [2.24, 2.45) is 5.73 Å². The Morgan fingerprint density at radius 2 is 1.07 bits per heavy atom. The molecule has 15 heavy (non-hydrogen) atoms. The van der Waals surface area contributed by atoms with Crippen LogP contribution in [0.3, 0.4) is 0 Å². The van der Waals surface area contributed by atoms with Crippen LogP contribution in [0.5, 0.6) is 0 Å². The zero-order valence-electron chi connectivity index (χ0n) is 10.5. The van der Waals surface area contributed by atoms with Crippen molar-refractivity contribution in [1.29, 1.82) is 0 Å². The molecule has 4 nitrogen and oxygen atoms in total. The van der Waals surface area contributed by atoms with E-state index in [9.17, 15) is 0 Å². The monoisotopic (exact) mass is 258 g/mol. The van der Waals surface area contributed by atoms with Gasteiger partial charge in [0.1, 0.15) is 0 Å². The van der Waals surface area contributed by atoms with Crippen LogP contribution in [-0.4, -0.2) is 41.2 Å². The van der Waals surface area contributed by atoms with E-state index in [1.807, 2.05) is 6.92 Å². The minimum absolute atomic E-state index is 0. The van der Waals surface area contributed by atoms with E-state index in [1.165, 1.54) is 0 Å². The third-order valence-electron chi connectivity index (χ3n) is 0.455. The van der Waals surface area contributed by atoms with E-state index in [-0.39, 0.29) is 47.6 Å². The minimum Gasteiger partial charge on any atom is -0.397 e. The maximum Gasteiger partial charge on any atom is 0.0402 e. The van der Waals surface area contributed by atoms with Gasteiger partial charge in [0.25, 0.3) is 0 Å². The molecular weight excluding hydrogens is 230 g/mol. The average molecular weight is 258 g/mol. The van der Waals surface area contributed by atoms with E-state index in [0.717, 1.165) is 6.42 Å². The Balaban J connectivity index is -0.0000000300. The van der Waals surface area contributed by atoms with E-state index in [4.69, 9.17) is 21.1 Å². The van der Waals surface area contributed by atoms with Crippen molar-refractivity contribution in [2.75, 3.05) is 19.8 Å². The largest absolute Gasteiger partial charge is 0.397 e. The Morgan fingerprint density at radius 3 is 1.07 bits per heavy atom. The standard InChI is InChI=1S/C4H10N.3C2H6O.Ti/c1-3-4(2)5;3*1-2-3;/h4H,1,3,5H2,2H3;3*3H,2H2,1H3;/q-1;;;;. The quantitative estimate of drug-likeness (QED) is 0.408. The topological polar surface area (TPSA) is 86.7 Å². The van der Waals surface area contributed by atoms with Gasteiger partial charge in [-0.25, -0.2) is 0 Å². The zero-order chi connectivity index (χ0) is 12.4. The first-order valence-corrected chi connectivity index (χ1v) is 4.89. The molecule has 5 N–H and O–H groups in total. The molecule has 0 aliphatic rings. The molecule has 0 radical (unpaired) electrons. The summed E-state index contributed by atoms with van der Waals surface area (Å²) in [4.78, 5) is 0. The predicted molar refractivity (Wildman–Crippen MR) is 61.9 cm³/mol. The summed E-state index contributed by atoms with van der Waals surface area (Å²) in [6.07, 6.45) is 0.833. The molecule has 0 rings (SSSR count). The molecule has 1 unspecified atom stereocenters. The van der Waals surface area contributed by atoms with Crippen LogP contribution in [0.25, 0.3) is 0 Å². The summed E-state index contributed by atoms with van der Waals surface area (Å²) in [6, 6.07) is 0.273. The molecule has 96 valence electrons. The molecule has 0 aliphatic carbocycles. The molecule has 1 atom stereocenters. The van der Waals surface area contributed by atoms with Gasteiger partial charge in [-0.1, -0.05) is 6.92 Å². The Hall–Kier alpha value is 0.554. The molecule has 0 saturated heterocycles. The number of nitrogens with two attached hydrogens (primary N) is 1. The van der Waals surface area contributed by atoms with Gasteiger partial charge in [-0.3, -0.25) is 0 Å². The number of hydrogen-bond donors (Lipinski definition) is 4. The van der Waals surface area contributed by atoms with Crippen LogP contribution < -0.4 is 5.73 Å². The molecular formula is C10H28NO3Ti-. The molecule has 0 aliphatic heterocycles. The van der Waals surface area contributed by atoms with Gasteiger partial charge in [0.15, 0.2) is 0 Å². The summed E-state index contributed by atoms with van der Waals surface area (Å²) in [7, 11) is 0. The molecule has 0 aromatic heterocycles. The van der Waals surface area contributed by atoms with Crippen molar-refractivity contribution in [3.63, 3.8) is 0 Å². The number of aliphatic hydroxyl groups is 3. The van der Waals surface area contributed by atoms with Crippen LogP contribution in [-0.2, 0) is 21.7 Å². The van der Waals surface area contributed by atoms with Crippen LogP contribution in [0.1, 0.15) is 34.1 Å². The van der Waals surface area contributed by atoms with Crippen molar-refractivity contribution in [2.45, 2.75) is 40.2 Å². The Bertz CT molecular complexity index is 53.2.